The van der Waals surface area contributed by atoms with E-state index in [0.29, 0.717) is 12.1 Å². The maximum absolute atomic E-state index is 12.6. The molecule has 0 aromatic carbocycles. The summed E-state index contributed by atoms with van der Waals surface area (Å²) in [5.74, 6) is -4.39. The Morgan fingerprint density at radius 1 is 1.42 bits per heavy atom. The van der Waals surface area contributed by atoms with Crippen LogP contribution in [0.1, 0.15) is 5.56 Å². The van der Waals surface area contributed by atoms with Gasteiger partial charge in [0.1, 0.15) is 4.21 Å². The summed E-state index contributed by atoms with van der Waals surface area (Å²) < 4.78 is 73.6. The lowest BCUT2D eigenvalue weighted by Gasteiger charge is -2.15. The zero-order chi connectivity index (χ0) is 14.7. The second-order valence-corrected chi connectivity index (χ2v) is 6.60. The monoisotopic (exact) mass is 320 g/mol. The minimum absolute atomic E-state index is 0.192. The first-order valence-electron chi connectivity index (χ1n) is 5.06. The summed E-state index contributed by atoms with van der Waals surface area (Å²) in [4.78, 5) is 0. The van der Waals surface area contributed by atoms with E-state index in [2.05, 4.69) is 5.32 Å². The molecule has 2 N–H and O–H groups in total. The van der Waals surface area contributed by atoms with Gasteiger partial charge >= 0.3 is 12.3 Å². The highest BCUT2D eigenvalue weighted by atomic mass is 32.2. The van der Waals surface area contributed by atoms with Crippen molar-refractivity contribution in [2.75, 3.05) is 13.6 Å². The predicted octanol–water partition coefficient (Wildman–Crippen LogP) is 1.65. The first-order valence-corrected chi connectivity index (χ1v) is 7.43. The van der Waals surface area contributed by atoms with Crippen molar-refractivity contribution >= 4 is 21.4 Å². The number of thiophene rings is 1. The molecule has 0 aliphatic carbocycles. The molecule has 0 aliphatic heterocycles. The minimum atomic E-state index is -4.39. The van der Waals surface area contributed by atoms with Gasteiger partial charge in [0.2, 0.25) is 10.0 Å². The summed E-state index contributed by atoms with van der Waals surface area (Å²) in [6.07, 6.45) is -3.92. The van der Waals surface area contributed by atoms with Crippen LogP contribution in [-0.2, 0) is 16.6 Å². The Labute approximate surface area is 111 Å². The molecule has 1 aromatic rings. The SMILES string of the molecule is CNCc1csc(S(=O)(=O)NCC(F)(F)C(F)F)c1. The average Bonchev–Trinajstić information content (AvgIpc) is 2.76. The fraction of sp³-hybridized carbons (Fsp3) is 0.556. The van der Waals surface area contributed by atoms with Gasteiger partial charge < -0.3 is 5.32 Å². The highest BCUT2D eigenvalue weighted by Gasteiger charge is 2.41. The van der Waals surface area contributed by atoms with E-state index in [1.54, 1.807) is 7.05 Å². The Morgan fingerprint density at radius 2 is 2.05 bits per heavy atom. The molecule has 0 unspecified atom stereocenters. The number of hydrogen-bond acceptors (Lipinski definition) is 4. The molecule has 0 spiro atoms. The highest BCUT2D eigenvalue weighted by molar-refractivity contribution is 7.91. The van der Waals surface area contributed by atoms with Crippen LogP contribution >= 0.6 is 11.3 Å². The highest BCUT2D eigenvalue weighted by Crippen LogP contribution is 2.24. The standard InChI is InChI=1S/C9H12F4N2O2S2/c1-14-3-6-2-7(18-4-6)19(16,17)15-5-9(12,13)8(10)11/h2,4,8,14-15H,3,5H2,1H3. The van der Waals surface area contributed by atoms with E-state index in [-0.39, 0.29) is 4.21 Å². The van der Waals surface area contributed by atoms with Crippen molar-refractivity contribution in [3.05, 3.63) is 17.0 Å². The van der Waals surface area contributed by atoms with Crippen LogP contribution in [0.15, 0.2) is 15.7 Å². The third kappa shape index (κ3) is 4.41. The summed E-state index contributed by atoms with van der Waals surface area (Å²) in [5, 5.41) is 4.33. The Bertz CT molecular complexity index is 516. The fourth-order valence-electron chi connectivity index (χ4n) is 1.13. The molecule has 0 radical (unpaired) electrons. The predicted molar refractivity (Wildman–Crippen MR) is 63.2 cm³/mol. The zero-order valence-corrected chi connectivity index (χ0v) is 11.4. The van der Waals surface area contributed by atoms with Gasteiger partial charge in [0, 0.05) is 6.54 Å². The van der Waals surface area contributed by atoms with Crippen molar-refractivity contribution in [1.29, 1.82) is 0 Å². The summed E-state index contributed by atoms with van der Waals surface area (Å²) in [6, 6.07) is 1.30. The molecule has 1 rings (SSSR count). The van der Waals surface area contributed by atoms with Gasteiger partial charge in [0.15, 0.2) is 0 Å². The van der Waals surface area contributed by atoms with Gasteiger partial charge in [-0.3, -0.25) is 0 Å². The van der Waals surface area contributed by atoms with Crippen molar-refractivity contribution in [3.8, 4) is 0 Å². The van der Waals surface area contributed by atoms with E-state index < -0.39 is 28.9 Å². The lowest BCUT2D eigenvalue weighted by Crippen LogP contribution is -2.41. The molecule has 19 heavy (non-hydrogen) atoms. The molecule has 0 fully saturated rings. The van der Waals surface area contributed by atoms with Gasteiger partial charge in [-0.25, -0.2) is 21.9 Å². The van der Waals surface area contributed by atoms with E-state index in [9.17, 15) is 26.0 Å². The summed E-state index contributed by atoms with van der Waals surface area (Å²) >= 11 is 0.833. The van der Waals surface area contributed by atoms with E-state index >= 15 is 0 Å². The Hall–Kier alpha value is -0.710. The van der Waals surface area contributed by atoms with E-state index in [0.717, 1.165) is 11.3 Å². The number of halogens is 4. The number of sulfonamides is 1. The first kappa shape index (κ1) is 16.3. The zero-order valence-electron chi connectivity index (χ0n) is 9.79. The van der Waals surface area contributed by atoms with Crippen LogP contribution in [0.5, 0.6) is 0 Å². The molecule has 0 aliphatic rings. The van der Waals surface area contributed by atoms with Gasteiger partial charge in [0.25, 0.3) is 0 Å². The van der Waals surface area contributed by atoms with Crippen LogP contribution < -0.4 is 10.0 Å². The minimum Gasteiger partial charge on any atom is -0.316 e. The molecule has 0 atom stereocenters. The fourth-order valence-corrected chi connectivity index (χ4v) is 3.43. The van der Waals surface area contributed by atoms with Crippen molar-refractivity contribution < 1.29 is 26.0 Å². The second kappa shape index (κ2) is 6.16. The topological polar surface area (TPSA) is 58.2 Å². The van der Waals surface area contributed by atoms with Crippen LogP contribution in [0, 0.1) is 0 Å². The molecule has 4 nitrogen and oxygen atoms in total. The first-order chi connectivity index (χ1) is 8.69. The van der Waals surface area contributed by atoms with Gasteiger partial charge in [-0.2, -0.15) is 8.78 Å². The molecule has 0 saturated carbocycles. The number of rotatable bonds is 7. The smallest absolute Gasteiger partial charge is 0.316 e. The molecule has 1 heterocycles. The van der Waals surface area contributed by atoms with Crippen LogP contribution in [0.4, 0.5) is 17.6 Å². The molecule has 110 valence electrons. The largest absolute Gasteiger partial charge is 0.320 e. The van der Waals surface area contributed by atoms with Crippen LogP contribution in [0.3, 0.4) is 0 Å². The van der Waals surface area contributed by atoms with Crippen LogP contribution in [-0.4, -0.2) is 34.4 Å². The van der Waals surface area contributed by atoms with Gasteiger partial charge in [0.05, 0.1) is 6.54 Å². The summed E-state index contributed by atoms with van der Waals surface area (Å²) in [6.45, 7) is -1.22. The second-order valence-electron chi connectivity index (χ2n) is 3.69. The molecule has 1 aromatic heterocycles. The molecule has 0 amide bonds. The van der Waals surface area contributed by atoms with Crippen molar-refractivity contribution in [3.63, 3.8) is 0 Å². The molecule has 0 saturated heterocycles. The summed E-state index contributed by atoms with van der Waals surface area (Å²) in [5.41, 5.74) is 0.661. The van der Waals surface area contributed by atoms with Crippen molar-refractivity contribution in [2.45, 2.75) is 23.1 Å². The van der Waals surface area contributed by atoms with Gasteiger partial charge in [-0.15, -0.1) is 11.3 Å². The Kier molecular flexibility index (Phi) is 5.30. The third-order valence-electron chi connectivity index (χ3n) is 2.09. The maximum Gasteiger partial charge on any atom is 0.320 e. The molecular formula is C9H12F4N2O2S2. The number of hydrogen-bond donors (Lipinski definition) is 2. The lowest BCUT2D eigenvalue weighted by atomic mass is 10.3. The molecule has 0 bridgehead atoms. The quantitative estimate of drug-likeness (QED) is 0.751. The average molecular weight is 320 g/mol. The van der Waals surface area contributed by atoms with Crippen LogP contribution in [0.25, 0.3) is 0 Å². The van der Waals surface area contributed by atoms with Crippen molar-refractivity contribution in [1.82, 2.24) is 10.0 Å². The lowest BCUT2D eigenvalue weighted by molar-refractivity contribution is -0.122. The maximum atomic E-state index is 12.6. The summed E-state index contributed by atoms with van der Waals surface area (Å²) in [7, 11) is -2.54. The van der Waals surface area contributed by atoms with Gasteiger partial charge in [-0.05, 0) is 24.1 Å². The van der Waals surface area contributed by atoms with E-state index in [4.69, 9.17) is 0 Å². The number of nitrogens with one attached hydrogen (secondary N) is 2. The Morgan fingerprint density at radius 3 is 2.58 bits per heavy atom. The van der Waals surface area contributed by atoms with E-state index in [1.807, 2.05) is 0 Å². The molecule has 10 heteroatoms. The van der Waals surface area contributed by atoms with E-state index in [1.165, 1.54) is 16.2 Å². The van der Waals surface area contributed by atoms with Crippen molar-refractivity contribution in [2.24, 2.45) is 0 Å². The number of alkyl halides is 4. The van der Waals surface area contributed by atoms with Gasteiger partial charge in [-0.1, -0.05) is 0 Å². The Balaban J connectivity index is 2.75. The third-order valence-corrected chi connectivity index (χ3v) is 4.98. The normalized spacial score (nSPS) is 13.2. The molecular weight excluding hydrogens is 308 g/mol. The van der Waals surface area contributed by atoms with Crippen LogP contribution in [0.2, 0.25) is 0 Å².